The van der Waals surface area contributed by atoms with Gasteiger partial charge in [0.1, 0.15) is 5.82 Å². The largest absolute Gasteiger partial charge is 0.383 e. The fourth-order valence-corrected chi connectivity index (χ4v) is 6.13. The number of nitro groups is 1. The molecule has 5 rings (SSSR count). The van der Waals surface area contributed by atoms with Crippen LogP contribution < -0.4 is 4.90 Å². The minimum Gasteiger partial charge on any atom is -0.383 e. The Hall–Kier alpha value is -3.46. The Morgan fingerprint density at radius 1 is 1.14 bits per heavy atom. The second kappa shape index (κ2) is 10.5. The topological polar surface area (TPSA) is 80.8 Å². The summed E-state index contributed by atoms with van der Waals surface area (Å²) in [5, 5.41) is 11.9. The average Bonchev–Trinajstić information content (AvgIpc) is 3.51. The molecule has 8 nitrogen and oxygen atoms in total. The van der Waals surface area contributed by atoms with Crippen LogP contribution in [0.4, 0.5) is 15.8 Å². The molecule has 2 aliphatic rings. The van der Waals surface area contributed by atoms with E-state index >= 15 is 0 Å². The number of halogens is 1. The van der Waals surface area contributed by atoms with Crippen molar-refractivity contribution in [3.63, 3.8) is 0 Å². The molecule has 1 aromatic heterocycles. The second-order valence-corrected chi connectivity index (χ2v) is 10.1. The van der Waals surface area contributed by atoms with Crippen molar-refractivity contribution in [2.24, 2.45) is 5.92 Å². The van der Waals surface area contributed by atoms with Crippen molar-refractivity contribution in [1.29, 1.82) is 0 Å². The number of benzene rings is 2. The fraction of sp³-hybridized carbons (Fsp3) is 0.464. The number of ether oxygens (including phenoxy) is 1. The van der Waals surface area contributed by atoms with Crippen molar-refractivity contribution < 1.29 is 18.8 Å². The number of methoxy groups -OCH3 is 1. The first-order chi connectivity index (χ1) is 17.9. The number of aromatic nitrogens is 1. The highest BCUT2D eigenvalue weighted by molar-refractivity contribution is 5.86. The normalized spacial score (nSPS) is 20.1. The number of para-hydroxylation sites is 1. The van der Waals surface area contributed by atoms with Gasteiger partial charge >= 0.3 is 0 Å². The standard InChI is InChI=1S/C28H33FN4O4/c1-19-24-6-3-7-25(29)27(24)32(15-16-37-2)26(19)20-5-4-13-31(17-20)28(34)21-12-14-30(18-21)22-8-10-23(11-9-22)33(35)36/h3,6-11,20-21H,4-5,12-18H2,1-2H3/t20?,21-/m0/s1. The van der Waals surface area contributed by atoms with Crippen molar-refractivity contribution >= 4 is 28.2 Å². The summed E-state index contributed by atoms with van der Waals surface area (Å²) in [7, 11) is 1.65. The number of piperidine rings is 1. The van der Waals surface area contributed by atoms with Gasteiger partial charge in [0.15, 0.2) is 0 Å². The Bertz CT molecular complexity index is 1310. The zero-order chi connectivity index (χ0) is 26.1. The van der Waals surface area contributed by atoms with Crippen LogP contribution in [0.3, 0.4) is 0 Å². The van der Waals surface area contributed by atoms with Gasteiger partial charge in [-0.25, -0.2) is 4.39 Å². The first kappa shape index (κ1) is 25.2. The number of amides is 1. The molecular formula is C28H33FN4O4. The SMILES string of the molecule is COCCn1c(C2CCCN(C(=O)[C@H]3CCN(c4ccc([N+](=O)[O-])cc4)C3)C2)c(C)c2cccc(F)c21. The van der Waals surface area contributed by atoms with Gasteiger partial charge in [0.2, 0.25) is 5.91 Å². The Labute approximate surface area is 215 Å². The summed E-state index contributed by atoms with van der Waals surface area (Å²) in [6, 6.07) is 11.7. The van der Waals surface area contributed by atoms with Gasteiger partial charge in [-0.05, 0) is 49.9 Å². The summed E-state index contributed by atoms with van der Waals surface area (Å²) >= 11 is 0. The van der Waals surface area contributed by atoms with E-state index in [4.69, 9.17) is 4.74 Å². The lowest BCUT2D eigenvalue weighted by Gasteiger charge is -2.35. The molecule has 3 aromatic rings. The van der Waals surface area contributed by atoms with E-state index in [1.165, 1.54) is 18.2 Å². The molecule has 0 bridgehead atoms. The molecule has 9 heteroatoms. The monoisotopic (exact) mass is 508 g/mol. The maximum atomic E-state index is 14.9. The highest BCUT2D eigenvalue weighted by Crippen LogP contribution is 2.37. The average molecular weight is 509 g/mol. The van der Waals surface area contributed by atoms with Gasteiger partial charge in [0.25, 0.3) is 5.69 Å². The maximum Gasteiger partial charge on any atom is 0.269 e. The van der Waals surface area contributed by atoms with Gasteiger partial charge in [-0.3, -0.25) is 14.9 Å². The van der Waals surface area contributed by atoms with Crippen LogP contribution >= 0.6 is 0 Å². The molecule has 196 valence electrons. The Balaban J connectivity index is 1.33. The Morgan fingerprint density at radius 3 is 2.65 bits per heavy atom. The predicted octanol–water partition coefficient (Wildman–Crippen LogP) is 4.88. The third kappa shape index (κ3) is 4.80. The molecule has 2 atom stereocenters. The quantitative estimate of drug-likeness (QED) is 0.336. The van der Waals surface area contributed by atoms with Crippen LogP contribution in [0.2, 0.25) is 0 Å². The van der Waals surface area contributed by atoms with Crippen LogP contribution in [0.1, 0.15) is 36.4 Å². The maximum absolute atomic E-state index is 14.9. The molecule has 1 unspecified atom stereocenters. The van der Waals surface area contributed by atoms with E-state index in [0.717, 1.165) is 54.7 Å². The van der Waals surface area contributed by atoms with E-state index in [1.54, 1.807) is 25.3 Å². The van der Waals surface area contributed by atoms with E-state index in [2.05, 4.69) is 16.4 Å². The van der Waals surface area contributed by atoms with E-state index in [1.807, 2.05) is 11.0 Å². The zero-order valence-electron chi connectivity index (χ0n) is 21.4. The summed E-state index contributed by atoms with van der Waals surface area (Å²) in [5.74, 6) is -0.0400. The number of likely N-dealkylation sites (tertiary alicyclic amines) is 1. The van der Waals surface area contributed by atoms with Crippen molar-refractivity contribution in [3.8, 4) is 0 Å². The molecule has 0 radical (unpaired) electrons. The lowest BCUT2D eigenvalue weighted by atomic mass is 9.91. The smallest absolute Gasteiger partial charge is 0.269 e. The van der Waals surface area contributed by atoms with Crippen molar-refractivity contribution in [2.45, 2.75) is 38.6 Å². The molecular weight excluding hydrogens is 475 g/mol. The van der Waals surface area contributed by atoms with Crippen LogP contribution in [-0.2, 0) is 16.1 Å². The van der Waals surface area contributed by atoms with Crippen LogP contribution in [0.25, 0.3) is 10.9 Å². The van der Waals surface area contributed by atoms with Gasteiger partial charge in [-0.2, -0.15) is 0 Å². The molecule has 0 spiro atoms. The lowest BCUT2D eigenvalue weighted by molar-refractivity contribution is -0.384. The number of nitrogens with zero attached hydrogens (tertiary/aromatic N) is 4. The molecule has 3 heterocycles. The Kier molecular flexibility index (Phi) is 7.15. The number of hydrogen-bond acceptors (Lipinski definition) is 5. The number of anilines is 1. The second-order valence-electron chi connectivity index (χ2n) is 10.1. The van der Waals surface area contributed by atoms with E-state index in [-0.39, 0.29) is 29.2 Å². The van der Waals surface area contributed by atoms with E-state index in [0.29, 0.717) is 31.8 Å². The first-order valence-corrected chi connectivity index (χ1v) is 12.9. The highest BCUT2D eigenvalue weighted by atomic mass is 19.1. The molecule has 0 saturated carbocycles. The number of rotatable bonds is 7. The number of non-ortho nitro benzene ring substituents is 1. The van der Waals surface area contributed by atoms with Gasteiger partial charge in [0, 0.05) is 74.7 Å². The summed E-state index contributed by atoms with van der Waals surface area (Å²) in [4.78, 5) is 28.3. The van der Waals surface area contributed by atoms with Crippen LogP contribution in [0, 0.1) is 28.8 Å². The van der Waals surface area contributed by atoms with Crippen LogP contribution in [0.15, 0.2) is 42.5 Å². The van der Waals surface area contributed by atoms with E-state index in [9.17, 15) is 19.3 Å². The lowest BCUT2D eigenvalue weighted by Crippen LogP contribution is -2.43. The van der Waals surface area contributed by atoms with Crippen molar-refractivity contribution in [1.82, 2.24) is 9.47 Å². The molecule has 2 fully saturated rings. The van der Waals surface area contributed by atoms with Gasteiger partial charge in [-0.15, -0.1) is 0 Å². The first-order valence-electron chi connectivity index (χ1n) is 12.9. The number of hydrogen-bond donors (Lipinski definition) is 0. The number of carbonyl (C=O) groups is 1. The van der Waals surface area contributed by atoms with E-state index < -0.39 is 4.92 Å². The molecule has 2 aliphatic heterocycles. The zero-order valence-corrected chi connectivity index (χ0v) is 21.4. The number of carbonyl (C=O) groups excluding carboxylic acids is 1. The minimum atomic E-state index is -0.405. The molecule has 0 aliphatic carbocycles. The molecule has 2 aromatic carbocycles. The fourth-order valence-electron chi connectivity index (χ4n) is 6.13. The molecule has 2 saturated heterocycles. The van der Waals surface area contributed by atoms with Gasteiger partial charge in [0.05, 0.1) is 23.0 Å². The van der Waals surface area contributed by atoms with Gasteiger partial charge in [-0.1, -0.05) is 12.1 Å². The third-order valence-electron chi connectivity index (χ3n) is 7.94. The number of fused-ring (bicyclic) bond motifs is 1. The molecule has 1 amide bonds. The number of aryl methyl sites for hydroxylation is 1. The van der Waals surface area contributed by atoms with Gasteiger partial charge < -0.3 is 19.1 Å². The third-order valence-corrected chi connectivity index (χ3v) is 7.94. The number of nitro benzene ring substituents is 1. The summed E-state index contributed by atoms with van der Waals surface area (Å²) in [6.07, 6.45) is 2.62. The predicted molar refractivity (Wildman–Crippen MR) is 140 cm³/mol. The highest BCUT2D eigenvalue weighted by Gasteiger charge is 2.35. The molecule has 37 heavy (non-hydrogen) atoms. The Morgan fingerprint density at radius 2 is 1.92 bits per heavy atom. The summed E-state index contributed by atoms with van der Waals surface area (Å²) in [6.45, 7) is 5.81. The minimum absolute atomic E-state index is 0.0630. The molecule has 0 N–H and O–H groups in total. The van der Waals surface area contributed by atoms with Crippen LogP contribution in [0.5, 0.6) is 0 Å². The summed E-state index contributed by atoms with van der Waals surface area (Å²) in [5.41, 5.74) is 3.76. The van der Waals surface area contributed by atoms with Crippen molar-refractivity contribution in [3.05, 3.63) is 69.7 Å². The van der Waals surface area contributed by atoms with Crippen LogP contribution in [-0.4, -0.2) is 60.2 Å². The van der Waals surface area contributed by atoms with Crippen molar-refractivity contribution in [2.75, 3.05) is 44.8 Å². The summed E-state index contributed by atoms with van der Waals surface area (Å²) < 4.78 is 22.3.